The zero-order valence-electron chi connectivity index (χ0n) is 27.8. The van der Waals surface area contributed by atoms with Crippen LogP contribution in [0.4, 0.5) is 5.69 Å². The van der Waals surface area contributed by atoms with Gasteiger partial charge in [0, 0.05) is 55.8 Å². The maximum absolute atomic E-state index is 7.40. The minimum absolute atomic E-state index is 0.580. The van der Waals surface area contributed by atoms with Crippen molar-refractivity contribution >= 4 is 49.4 Å². The molecule has 0 unspecified atom stereocenters. The third-order valence-corrected chi connectivity index (χ3v) is 9.79. The van der Waals surface area contributed by atoms with E-state index in [1.54, 1.807) is 0 Å². The Morgan fingerprint density at radius 3 is 1.98 bits per heavy atom. The summed E-state index contributed by atoms with van der Waals surface area (Å²) in [7, 11) is 0. The summed E-state index contributed by atoms with van der Waals surface area (Å²) in [6.07, 6.45) is 1.87. The highest BCUT2D eigenvalue weighted by molar-refractivity contribution is 6.25. The van der Waals surface area contributed by atoms with Gasteiger partial charge in [0.2, 0.25) is 0 Å². The first-order valence-corrected chi connectivity index (χ1v) is 17.1. The van der Waals surface area contributed by atoms with Gasteiger partial charge < -0.3 is 4.57 Å². The predicted octanol–water partition coefficient (Wildman–Crippen LogP) is 11.6. The molecule has 0 spiro atoms. The van der Waals surface area contributed by atoms with E-state index >= 15 is 0 Å². The zero-order chi connectivity index (χ0) is 34.6. The van der Waals surface area contributed by atoms with E-state index in [2.05, 4.69) is 129 Å². The van der Waals surface area contributed by atoms with E-state index in [0.717, 1.165) is 72.4 Å². The Hall–Kier alpha value is -7.36. The van der Waals surface area contributed by atoms with Crippen molar-refractivity contribution in [3.8, 4) is 45.3 Å². The van der Waals surface area contributed by atoms with E-state index < -0.39 is 0 Å². The summed E-state index contributed by atoms with van der Waals surface area (Å²) in [5.41, 5.74) is 11.4. The highest BCUT2D eigenvalue weighted by Gasteiger charge is 2.21. The minimum Gasteiger partial charge on any atom is -0.309 e. The summed E-state index contributed by atoms with van der Waals surface area (Å²) in [6.45, 7) is 7.40. The van der Waals surface area contributed by atoms with Crippen molar-refractivity contribution in [2.45, 2.75) is 0 Å². The van der Waals surface area contributed by atoms with Crippen molar-refractivity contribution in [2.75, 3.05) is 0 Å². The molecule has 0 radical (unpaired) electrons. The average Bonchev–Trinajstić information content (AvgIpc) is 3.74. The van der Waals surface area contributed by atoms with Gasteiger partial charge in [0.1, 0.15) is 5.65 Å². The van der Waals surface area contributed by atoms with Gasteiger partial charge in [-0.1, -0.05) is 109 Å². The predicted molar refractivity (Wildman–Crippen MR) is 211 cm³/mol. The summed E-state index contributed by atoms with van der Waals surface area (Å²) in [5, 5.41) is 4.61. The van der Waals surface area contributed by atoms with E-state index in [0.29, 0.717) is 11.5 Å². The number of pyridine rings is 1. The summed E-state index contributed by atoms with van der Waals surface area (Å²) >= 11 is 0. The van der Waals surface area contributed by atoms with Gasteiger partial charge in [-0.3, -0.25) is 4.57 Å². The molecule has 0 aliphatic rings. The summed E-state index contributed by atoms with van der Waals surface area (Å²) in [5.74, 6) is 0.604. The Kier molecular flexibility index (Phi) is 6.76. The van der Waals surface area contributed by atoms with Crippen molar-refractivity contribution in [1.82, 2.24) is 24.1 Å². The quantitative estimate of drug-likeness (QED) is 0.172. The van der Waals surface area contributed by atoms with E-state index in [9.17, 15) is 0 Å². The lowest BCUT2D eigenvalue weighted by Gasteiger charge is -2.12. The second kappa shape index (κ2) is 11.9. The molecule has 4 heterocycles. The van der Waals surface area contributed by atoms with Gasteiger partial charge in [-0.25, -0.2) is 19.8 Å². The molecule has 6 heteroatoms. The number of hydrogen-bond donors (Lipinski definition) is 0. The van der Waals surface area contributed by atoms with Crippen LogP contribution in [0.1, 0.15) is 0 Å². The van der Waals surface area contributed by atoms with Crippen LogP contribution in [-0.4, -0.2) is 24.1 Å². The Balaban J connectivity index is 1.24. The Labute approximate surface area is 299 Å². The summed E-state index contributed by atoms with van der Waals surface area (Å²) in [4.78, 5) is 18.7. The molecule has 6 nitrogen and oxygen atoms in total. The van der Waals surface area contributed by atoms with E-state index in [1.807, 2.05) is 54.7 Å². The van der Waals surface area contributed by atoms with Crippen molar-refractivity contribution < 1.29 is 0 Å². The lowest BCUT2D eigenvalue weighted by molar-refractivity contribution is 1.14. The van der Waals surface area contributed by atoms with Gasteiger partial charge in [0.05, 0.1) is 34.5 Å². The van der Waals surface area contributed by atoms with Crippen LogP contribution in [0.2, 0.25) is 0 Å². The number of aromatic nitrogens is 5. The fourth-order valence-electron chi connectivity index (χ4n) is 7.46. The van der Waals surface area contributed by atoms with Crippen molar-refractivity contribution in [3.63, 3.8) is 0 Å². The first-order chi connectivity index (χ1) is 25.7. The molecule has 0 aliphatic carbocycles. The van der Waals surface area contributed by atoms with E-state index in [-0.39, 0.29) is 0 Å². The smallest absolute Gasteiger partial charge is 0.187 e. The molecule has 10 rings (SSSR count). The minimum atomic E-state index is 0.580. The lowest BCUT2D eigenvalue weighted by Crippen LogP contribution is -1.98. The molecule has 0 saturated carbocycles. The Morgan fingerprint density at radius 2 is 1.17 bits per heavy atom. The molecule has 0 amide bonds. The molecule has 0 fully saturated rings. The van der Waals surface area contributed by atoms with E-state index in [4.69, 9.17) is 21.5 Å². The molecular weight excluding hydrogens is 637 g/mol. The molecule has 0 atom stereocenters. The molecule has 0 bridgehead atoms. The molecule has 0 saturated heterocycles. The Bertz CT molecular complexity index is 3010. The third kappa shape index (κ3) is 4.68. The number of para-hydroxylation sites is 2. The number of hydrogen-bond acceptors (Lipinski definition) is 3. The van der Waals surface area contributed by atoms with Gasteiger partial charge in [-0.05, 0) is 54.6 Å². The zero-order valence-corrected chi connectivity index (χ0v) is 27.8. The molecule has 4 aromatic heterocycles. The van der Waals surface area contributed by atoms with E-state index in [1.165, 1.54) is 10.8 Å². The number of fused-ring (bicyclic) bond motifs is 7. The van der Waals surface area contributed by atoms with Gasteiger partial charge in [-0.2, -0.15) is 0 Å². The number of benzene rings is 6. The fraction of sp³-hybridized carbons (Fsp3) is 0. The first-order valence-electron chi connectivity index (χ1n) is 17.1. The van der Waals surface area contributed by atoms with Crippen molar-refractivity contribution in [2.24, 2.45) is 0 Å². The van der Waals surface area contributed by atoms with Crippen LogP contribution >= 0.6 is 0 Å². The molecule has 10 aromatic rings. The Morgan fingerprint density at radius 1 is 0.481 bits per heavy atom. The largest absolute Gasteiger partial charge is 0.309 e. The van der Waals surface area contributed by atoms with Crippen LogP contribution in [-0.2, 0) is 0 Å². The second-order valence-corrected chi connectivity index (χ2v) is 12.8. The highest BCUT2D eigenvalue weighted by atomic mass is 15.1. The topological polar surface area (TPSA) is 52.9 Å². The van der Waals surface area contributed by atoms with Gasteiger partial charge in [0.25, 0.3) is 0 Å². The molecule has 6 aromatic carbocycles. The lowest BCUT2D eigenvalue weighted by atomic mass is 10.1. The van der Waals surface area contributed by atoms with Gasteiger partial charge in [-0.15, -0.1) is 0 Å². The van der Waals surface area contributed by atoms with Crippen LogP contribution in [0.25, 0.3) is 93.9 Å². The highest BCUT2D eigenvalue weighted by Crippen LogP contribution is 2.42. The maximum Gasteiger partial charge on any atom is 0.187 e. The monoisotopic (exact) mass is 664 g/mol. The molecule has 0 N–H and O–H groups in total. The van der Waals surface area contributed by atoms with Crippen molar-refractivity contribution in [3.05, 3.63) is 181 Å². The SMILES string of the molecule is [C-]#[N+]c1ccc(-c2nc(-c3ccccc3)cc(-c3cccc(-n4c5ncccc5c5ccc6c(c7ccccc7n6-c6ccccc6)c54)c3)n2)cc1. The second-order valence-electron chi connectivity index (χ2n) is 12.8. The number of rotatable bonds is 5. The van der Waals surface area contributed by atoms with Crippen LogP contribution < -0.4 is 0 Å². The van der Waals surface area contributed by atoms with Crippen LogP contribution in [0.5, 0.6) is 0 Å². The average molecular weight is 665 g/mol. The molecular formula is C46H28N6. The normalized spacial score (nSPS) is 11.4. The van der Waals surface area contributed by atoms with Crippen LogP contribution in [0.15, 0.2) is 170 Å². The van der Waals surface area contributed by atoms with Crippen molar-refractivity contribution in [1.29, 1.82) is 0 Å². The fourth-order valence-corrected chi connectivity index (χ4v) is 7.46. The first kappa shape index (κ1) is 29.5. The molecule has 52 heavy (non-hydrogen) atoms. The van der Waals surface area contributed by atoms with Crippen LogP contribution in [0.3, 0.4) is 0 Å². The van der Waals surface area contributed by atoms with Crippen LogP contribution in [0, 0.1) is 6.57 Å². The number of nitrogens with zero attached hydrogens (tertiary/aromatic N) is 6. The summed E-state index contributed by atoms with van der Waals surface area (Å²) < 4.78 is 4.66. The summed E-state index contributed by atoms with van der Waals surface area (Å²) in [6, 6.07) is 56.1. The molecule has 0 aliphatic heterocycles. The van der Waals surface area contributed by atoms with Gasteiger partial charge in [0.15, 0.2) is 11.5 Å². The standard InChI is InChI=1S/C46H28N6/c1-47-33-23-21-31(22-24-33)45-49-39(30-12-4-2-5-13-30)29-40(50-45)32-14-10-17-35(28-32)52-44-36(37-19-11-27-48-46(37)52)25-26-42-43(44)38-18-8-9-20-41(38)51(42)34-15-6-3-7-16-34/h2-29H. The third-order valence-electron chi connectivity index (χ3n) is 9.79. The molecule has 242 valence electrons. The maximum atomic E-state index is 7.40. The van der Waals surface area contributed by atoms with Gasteiger partial charge >= 0.3 is 0 Å².